The van der Waals surface area contributed by atoms with E-state index in [0.717, 1.165) is 15.0 Å². The molecule has 2 aromatic rings. The average Bonchev–Trinajstić information content (AvgIpc) is 2.77. The van der Waals surface area contributed by atoms with Crippen LogP contribution >= 0.6 is 11.3 Å². The SMILES string of the molecule is CC(C)(C)OC(=O)N[C@@H](Cc1cc2ccccc2s1)C(=O)O. The molecule has 0 saturated heterocycles. The number of carboxylic acid groups (broad SMARTS) is 1. The van der Waals surface area contributed by atoms with E-state index in [1.807, 2.05) is 30.3 Å². The predicted octanol–water partition coefficient (Wildman–Crippen LogP) is 3.42. The fraction of sp³-hybridized carbons (Fsp3) is 0.375. The first kappa shape index (κ1) is 16.3. The van der Waals surface area contributed by atoms with E-state index in [0.29, 0.717) is 0 Å². The fourth-order valence-corrected chi connectivity index (χ4v) is 3.10. The van der Waals surface area contributed by atoms with Gasteiger partial charge in [-0.3, -0.25) is 0 Å². The van der Waals surface area contributed by atoms with Gasteiger partial charge in [-0.25, -0.2) is 9.59 Å². The maximum atomic E-state index is 11.7. The van der Waals surface area contributed by atoms with E-state index >= 15 is 0 Å². The van der Waals surface area contributed by atoms with Crippen molar-refractivity contribution in [2.45, 2.75) is 38.8 Å². The Hall–Kier alpha value is -2.08. The van der Waals surface area contributed by atoms with E-state index < -0.39 is 23.7 Å². The highest BCUT2D eigenvalue weighted by Gasteiger charge is 2.24. The van der Waals surface area contributed by atoms with Crippen LogP contribution in [0.15, 0.2) is 30.3 Å². The Balaban J connectivity index is 2.08. The van der Waals surface area contributed by atoms with Crippen molar-refractivity contribution in [1.29, 1.82) is 0 Å². The van der Waals surface area contributed by atoms with Crippen LogP contribution in [0.25, 0.3) is 10.1 Å². The maximum absolute atomic E-state index is 11.7. The van der Waals surface area contributed by atoms with Gasteiger partial charge in [0.2, 0.25) is 0 Å². The number of thiophene rings is 1. The molecule has 22 heavy (non-hydrogen) atoms. The summed E-state index contributed by atoms with van der Waals surface area (Å²) in [5.41, 5.74) is -0.662. The third kappa shape index (κ3) is 4.46. The monoisotopic (exact) mass is 321 g/mol. The van der Waals surface area contributed by atoms with Crippen LogP contribution in [0.1, 0.15) is 25.6 Å². The van der Waals surface area contributed by atoms with Crippen molar-refractivity contribution in [1.82, 2.24) is 5.32 Å². The number of carbonyl (C=O) groups excluding carboxylic acids is 1. The lowest BCUT2D eigenvalue weighted by atomic mass is 10.1. The number of rotatable bonds is 4. The molecule has 0 radical (unpaired) electrons. The Morgan fingerprint density at radius 1 is 1.32 bits per heavy atom. The number of alkyl carbamates (subject to hydrolysis) is 1. The van der Waals surface area contributed by atoms with E-state index in [4.69, 9.17) is 4.74 Å². The molecule has 1 amide bonds. The first-order valence-electron chi connectivity index (χ1n) is 6.94. The molecule has 2 N–H and O–H groups in total. The maximum Gasteiger partial charge on any atom is 0.408 e. The molecule has 118 valence electrons. The smallest absolute Gasteiger partial charge is 0.408 e. The molecule has 0 fully saturated rings. The first-order valence-corrected chi connectivity index (χ1v) is 7.76. The minimum Gasteiger partial charge on any atom is -0.480 e. The number of aliphatic carboxylic acids is 1. The summed E-state index contributed by atoms with van der Waals surface area (Å²) in [5.74, 6) is -1.08. The highest BCUT2D eigenvalue weighted by molar-refractivity contribution is 7.19. The molecule has 2 rings (SSSR count). The summed E-state index contributed by atoms with van der Waals surface area (Å²) in [6, 6.07) is 8.78. The fourth-order valence-electron chi connectivity index (χ4n) is 1.99. The quantitative estimate of drug-likeness (QED) is 0.904. The normalized spacial score (nSPS) is 12.9. The molecule has 0 spiro atoms. The topological polar surface area (TPSA) is 75.6 Å². The zero-order valence-electron chi connectivity index (χ0n) is 12.8. The molecule has 1 atom stereocenters. The number of hydrogen-bond donors (Lipinski definition) is 2. The van der Waals surface area contributed by atoms with Gasteiger partial charge in [0, 0.05) is 16.0 Å². The van der Waals surface area contributed by atoms with Crippen LogP contribution in [0.3, 0.4) is 0 Å². The summed E-state index contributed by atoms with van der Waals surface area (Å²) >= 11 is 1.53. The number of hydrogen-bond acceptors (Lipinski definition) is 4. The van der Waals surface area contributed by atoms with Crippen LogP contribution in [0.5, 0.6) is 0 Å². The zero-order chi connectivity index (χ0) is 16.3. The third-order valence-corrected chi connectivity index (χ3v) is 4.01. The van der Waals surface area contributed by atoms with Crippen molar-refractivity contribution < 1.29 is 19.4 Å². The van der Waals surface area contributed by atoms with Crippen LogP contribution in [0.2, 0.25) is 0 Å². The summed E-state index contributed by atoms with van der Waals surface area (Å²) in [5, 5.41) is 12.8. The molecular formula is C16H19NO4S. The number of ether oxygens (including phenoxy) is 1. The standard InChI is InChI=1S/C16H19NO4S/c1-16(2,3)21-15(20)17-12(14(18)19)9-11-8-10-6-4-5-7-13(10)22-11/h4-8,12H,9H2,1-3H3,(H,17,20)(H,18,19)/t12-/m0/s1. The highest BCUT2D eigenvalue weighted by Crippen LogP contribution is 2.26. The summed E-state index contributed by atoms with van der Waals surface area (Å²) in [6.07, 6.45) is -0.491. The Labute approximate surface area is 132 Å². The molecule has 0 aliphatic carbocycles. The molecule has 0 bridgehead atoms. The summed E-state index contributed by atoms with van der Waals surface area (Å²) in [6.45, 7) is 5.19. The summed E-state index contributed by atoms with van der Waals surface area (Å²) in [4.78, 5) is 24.0. The molecular weight excluding hydrogens is 302 g/mol. The Morgan fingerprint density at radius 3 is 2.59 bits per heavy atom. The molecule has 5 nitrogen and oxygen atoms in total. The number of fused-ring (bicyclic) bond motifs is 1. The van der Waals surface area contributed by atoms with Gasteiger partial charge in [-0.05, 0) is 38.3 Å². The van der Waals surface area contributed by atoms with Gasteiger partial charge in [-0.15, -0.1) is 11.3 Å². The minimum absolute atomic E-state index is 0.230. The van der Waals surface area contributed by atoms with Crippen LogP contribution in [-0.2, 0) is 16.0 Å². The van der Waals surface area contributed by atoms with Crippen molar-refractivity contribution >= 4 is 33.5 Å². The number of carboxylic acids is 1. The lowest BCUT2D eigenvalue weighted by Crippen LogP contribution is -2.44. The van der Waals surface area contributed by atoms with Gasteiger partial charge in [0.25, 0.3) is 0 Å². The van der Waals surface area contributed by atoms with Crippen molar-refractivity contribution in [2.75, 3.05) is 0 Å². The average molecular weight is 321 g/mol. The van der Waals surface area contributed by atoms with Gasteiger partial charge in [0.05, 0.1) is 0 Å². The van der Waals surface area contributed by atoms with E-state index in [2.05, 4.69) is 5.32 Å². The second-order valence-electron chi connectivity index (χ2n) is 5.99. The molecule has 0 unspecified atom stereocenters. The first-order chi connectivity index (χ1) is 10.2. The van der Waals surface area contributed by atoms with E-state index in [1.165, 1.54) is 11.3 Å². The molecule has 0 aliphatic rings. The van der Waals surface area contributed by atoms with Crippen molar-refractivity contribution in [3.63, 3.8) is 0 Å². The van der Waals surface area contributed by atoms with E-state index in [9.17, 15) is 14.7 Å². The highest BCUT2D eigenvalue weighted by atomic mass is 32.1. The lowest BCUT2D eigenvalue weighted by Gasteiger charge is -2.21. The van der Waals surface area contributed by atoms with Crippen molar-refractivity contribution in [3.8, 4) is 0 Å². The lowest BCUT2D eigenvalue weighted by molar-refractivity contribution is -0.139. The number of nitrogens with one attached hydrogen (secondary N) is 1. The van der Waals surface area contributed by atoms with E-state index in [-0.39, 0.29) is 6.42 Å². The molecule has 0 aliphatic heterocycles. The van der Waals surface area contributed by atoms with Crippen molar-refractivity contribution in [2.24, 2.45) is 0 Å². The van der Waals surface area contributed by atoms with Crippen molar-refractivity contribution in [3.05, 3.63) is 35.2 Å². The number of benzene rings is 1. The van der Waals surface area contributed by atoms with Gasteiger partial charge in [0.15, 0.2) is 0 Å². The third-order valence-electron chi connectivity index (χ3n) is 2.87. The van der Waals surface area contributed by atoms with Gasteiger partial charge in [-0.2, -0.15) is 0 Å². The number of carbonyl (C=O) groups is 2. The molecule has 1 aromatic carbocycles. The van der Waals surface area contributed by atoms with Crippen LogP contribution in [0.4, 0.5) is 4.79 Å². The van der Waals surface area contributed by atoms with Crippen LogP contribution < -0.4 is 5.32 Å². The Morgan fingerprint density at radius 2 is 2.00 bits per heavy atom. The van der Waals surface area contributed by atoms with Crippen LogP contribution in [-0.4, -0.2) is 28.8 Å². The predicted molar refractivity (Wildman–Crippen MR) is 86.3 cm³/mol. The van der Waals surface area contributed by atoms with Gasteiger partial charge >= 0.3 is 12.1 Å². The Kier molecular flexibility index (Phi) is 4.71. The second-order valence-corrected chi connectivity index (χ2v) is 7.16. The molecule has 0 saturated carbocycles. The van der Waals surface area contributed by atoms with Gasteiger partial charge in [-0.1, -0.05) is 18.2 Å². The largest absolute Gasteiger partial charge is 0.480 e. The van der Waals surface area contributed by atoms with Gasteiger partial charge < -0.3 is 15.2 Å². The summed E-state index contributed by atoms with van der Waals surface area (Å²) in [7, 11) is 0. The van der Waals surface area contributed by atoms with Gasteiger partial charge in [0.1, 0.15) is 11.6 Å². The second kappa shape index (κ2) is 6.36. The zero-order valence-corrected chi connectivity index (χ0v) is 13.6. The Bertz CT molecular complexity index is 654. The van der Waals surface area contributed by atoms with Crippen LogP contribution in [0, 0.1) is 0 Å². The summed E-state index contributed by atoms with van der Waals surface area (Å²) < 4.78 is 6.20. The number of amides is 1. The molecule has 6 heteroatoms. The minimum atomic E-state index is -1.08. The molecule has 1 heterocycles. The molecule has 1 aromatic heterocycles. The van der Waals surface area contributed by atoms with E-state index in [1.54, 1.807) is 20.8 Å².